The van der Waals surface area contributed by atoms with Crippen molar-refractivity contribution in [3.05, 3.63) is 34.9 Å². The Hall–Kier alpha value is -0.780. The molecule has 1 aliphatic carbocycles. The number of rotatable bonds is 1. The highest BCUT2D eigenvalue weighted by molar-refractivity contribution is 5.44. The minimum absolute atomic E-state index is 0.379. The Balaban J connectivity index is 2.51. The molecule has 0 fully saturated rings. The average Bonchev–Trinajstić information content (AvgIpc) is 2.37. The summed E-state index contributed by atoms with van der Waals surface area (Å²) in [7, 11) is 0. The Morgan fingerprint density at radius 1 is 1.27 bits per heavy atom. The lowest BCUT2D eigenvalue weighted by molar-refractivity contribution is 0.489. The van der Waals surface area contributed by atoms with Gasteiger partial charge in [-0.2, -0.15) is 0 Å². The highest BCUT2D eigenvalue weighted by atomic mass is 14.4. The summed E-state index contributed by atoms with van der Waals surface area (Å²) in [5.41, 5.74) is 5.02. The fourth-order valence-corrected chi connectivity index (χ4v) is 2.95. The Bertz CT molecular complexity index is 372. The summed E-state index contributed by atoms with van der Waals surface area (Å²) in [4.78, 5) is 0. The molecule has 0 heteroatoms. The molecule has 15 heavy (non-hydrogen) atoms. The predicted molar refractivity (Wildman–Crippen MR) is 66.6 cm³/mol. The molecule has 1 aromatic carbocycles. The second kappa shape index (κ2) is 3.37. The Kier molecular flexibility index (Phi) is 2.41. The lowest BCUT2D eigenvalue weighted by Gasteiger charge is -2.19. The van der Waals surface area contributed by atoms with E-state index in [9.17, 15) is 0 Å². The zero-order chi connectivity index (χ0) is 11.2. The van der Waals surface area contributed by atoms with Crippen LogP contribution in [0.25, 0.3) is 0 Å². The van der Waals surface area contributed by atoms with Crippen LogP contribution in [0.1, 0.15) is 69.6 Å². The first-order valence-electron chi connectivity index (χ1n) is 6.06. The van der Waals surface area contributed by atoms with E-state index in [0.717, 1.165) is 5.92 Å². The molecule has 0 bridgehead atoms. The van der Waals surface area contributed by atoms with E-state index < -0.39 is 0 Å². The molecule has 1 aromatic rings. The van der Waals surface area contributed by atoms with Gasteiger partial charge in [0.2, 0.25) is 0 Å². The highest BCUT2D eigenvalue weighted by Gasteiger charge is 2.34. The van der Waals surface area contributed by atoms with Crippen LogP contribution in [0.15, 0.2) is 18.2 Å². The van der Waals surface area contributed by atoms with Crippen molar-refractivity contribution in [2.45, 2.75) is 58.3 Å². The molecule has 1 atom stereocenters. The molecule has 1 aliphatic rings. The monoisotopic (exact) mass is 202 g/mol. The van der Waals surface area contributed by atoms with Crippen LogP contribution in [0.3, 0.4) is 0 Å². The maximum Gasteiger partial charge on any atom is -0.00950 e. The lowest BCUT2D eigenvalue weighted by atomic mass is 9.85. The Labute approximate surface area is 93.7 Å². The molecule has 0 spiro atoms. The van der Waals surface area contributed by atoms with E-state index in [4.69, 9.17) is 0 Å². The van der Waals surface area contributed by atoms with Gasteiger partial charge in [-0.3, -0.25) is 0 Å². The van der Waals surface area contributed by atoms with Gasteiger partial charge < -0.3 is 0 Å². The minimum atomic E-state index is 0.379. The third-order valence-corrected chi connectivity index (χ3v) is 3.82. The number of benzene rings is 1. The molecule has 0 nitrogen and oxygen atoms in total. The molecule has 0 aromatic heterocycles. The minimum Gasteiger partial charge on any atom is -0.0587 e. The topological polar surface area (TPSA) is 0 Å². The zero-order valence-corrected chi connectivity index (χ0v) is 10.6. The van der Waals surface area contributed by atoms with Gasteiger partial charge in [0, 0.05) is 0 Å². The molecule has 82 valence electrons. The van der Waals surface area contributed by atoms with Crippen molar-refractivity contribution in [3.8, 4) is 0 Å². The molecular formula is C15H22. The van der Waals surface area contributed by atoms with Crippen LogP contribution in [0.4, 0.5) is 0 Å². The summed E-state index contributed by atoms with van der Waals surface area (Å²) in [6, 6.07) is 7.09. The quantitative estimate of drug-likeness (QED) is 0.624. The van der Waals surface area contributed by atoms with Gasteiger partial charge in [0.15, 0.2) is 0 Å². The van der Waals surface area contributed by atoms with Gasteiger partial charge in [0.1, 0.15) is 0 Å². The first kappa shape index (κ1) is 10.7. The van der Waals surface area contributed by atoms with Crippen molar-refractivity contribution in [1.82, 2.24) is 0 Å². The maximum atomic E-state index is 2.43. The van der Waals surface area contributed by atoms with Gasteiger partial charge in [0.25, 0.3) is 0 Å². The summed E-state index contributed by atoms with van der Waals surface area (Å²) >= 11 is 0. The van der Waals surface area contributed by atoms with E-state index in [1.54, 1.807) is 11.1 Å². The van der Waals surface area contributed by atoms with Crippen molar-refractivity contribution in [2.75, 3.05) is 0 Å². The maximum absolute atomic E-state index is 2.43. The second-order valence-electron chi connectivity index (χ2n) is 5.99. The number of hydrogen-bond donors (Lipinski definition) is 0. The normalized spacial score (nSPS) is 23.2. The van der Waals surface area contributed by atoms with Gasteiger partial charge >= 0.3 is 0 Å². The largest absolute Gasteiger partial charge is 0.0587 e. The number of fused-ring (bicyclic) bond motifs is 1. The molecule has 0 saturated heterocycles. The molecular weight excluding hydrogens is 180 g/mol. The first-order chi connectivity index (χ1) is 6.92. The second-order valence-corrected chi connectivity index (χ2v) is 5.99. The highest BCUT2D eigenvalue weighted by Crippen LogP contribution is 2.46. The Morgan fingerprint density at radius 3 is 2.53 bits per heavy atom. The standard InChI is InChI=1S/C15H22/c1-10(2)12-6-7-14-13(8-12)11(3)9-15(14,4)5/h6-8,10-11H,9H2,1-5H3. The van der Waals surface area contributed by atoms with E-state index in [2.05, 4.69) is 52.8 Å². The zero-order valence-electron chi connectivity index (χ0n) is 10.6. The fraction of sp³-hybridized carbons (Fsp3) is 0.600. The van der Waals surface area contributed by atoms with Crippen molar-refractivity contribution in [1.29, 1.82) is 0 Å². The van der Waals surface area contributed by atoms with Crippen molar-refractivity contribution >= 4 is 0 Å². The van der Waals surface area contributed by atoms with Crippen LogP contribution in [-0.2, 0) is 5.41 Å². The fourth-order valence-electron chi connectivity index (χ4n) is 2.95. The van der Waals surface area contributed by atoms with Crippen LogP contribution >= 0.6 is 0 Å². The summed E-state index contributed by atoms with van der Waals surface area (Å²) in [5, 5.41) is 0. The van der Waals surface area contributed by atoms with Gasteiger partial charge in [-0.25, -0.2) is 0 Å². The molecule has 0 heterocycles. The SMILES string of the molecule is CC(C)c1ccc2c(c1)C(C)CC2(C)C. The molecule has 0 radical (unpaired) electrons. The molecule has 1 unspecified atom stereocenters. The third-order valence-electron chi connectivity index (χ3n) is 3.82. The molecule has 2 rings (SSSR count). The third kappa shape index (κ3) is 1.71. The van der Waals surface area contributed by atoms with Crippen LogP contribution in [0, 0.1) is 0 Å². The van der Waals surface area contributed by atoms with E-state index >= 15 is 0 Å². The van der Waals surface area contributed by atoms with Crippen molar-refractivity contribution in [2.24, 2.45) is 0 Å². The van der Waals surface area contributed by atoms with E-state index in [1.807, 2.05) is 0 Å². The average molecular weight is 202 g/mol. The summed E-state index contributed by atoms with van der Waals surface area (Å²) in [6.45, 7) is 11.6. The van der Waals surface area contributed by atoms with Gasteiger partial charge in [-0.05, 0) is 40.4 Å². The Morgan fingerprint density at radius 2 is 1.93 bits per heavy atom. The first-order valence-corrected chi connectivity index (χ1v) is 6.06. The van der Waals surface area contributed by atoms with Crippen molar-refractivity contribution < 1.29 is 0 Å². The van der Waals surface area contributed by atoms with Gasteiger partial charge in [-0.1, -0.05) is 52.8 Å². The smallest absolute Gasteiger partial charge is 0.00950 e. The number of hydrogen-bond acceptors (Lipinski definition) is 0. The van der Waals surface area contributed by atoms with Gasteiger partial charge in [-0.15, -0.1) is 0 Å². The molecule has 0 N–H and O–H groups in total. The van der Waals surface area contributed by atoms with E-state index in [-0.39, 0.29) is 0 Å². The van der Waals surface area contributed by atoms with Crippen molar-refractivity contribution in [3.63, 3.8) is 0 Å². The summed E-state index contributed by atoms with van der Waals surface area (Å²) in [5.74, 6) is 1.37. The van der Waals surface area contributed by atoms with E-state index in [0.29, 0.717) is 11.3 Å². The van der Waals surface area contributed by atoms with E-state index in [1.165, 1.54) is 12.0 Å². The molecule has 0 aliphatic heterocycles. The van der Waals surface area contributed by atoms with Crippen LogP contribution < -0.4 is 0 Å². The van der Waals surface area contributed by atoms with Gasteiger partial charge in [0.05, 0.1) is 0 Å². The van der Waals surface area contributed by atoms with Crippen LogP contribution in [0.5, 0.6) is 0 Å². The summed E-state index contributed by atoms with van der Waals surface area (Å²) in [6.07, 6.45) is 1.30. The summed E-state index contributed by atoms with van der Waals surface area (Å²) < 4.78 is 0. The lowest BCUT2D eigenvalue weighted by Crippen LogP contribution is -2.11. The van der Waals surface area contributed by atoms with Crippen LogP contribution in [0.2, 0.25) is 0 Å². The van der Waals surface area contributed by atoms with Crippen LogP contribution in [-0.4, -0.2) is 0 Å². The predicted octanol–water partition coefficient (Wildman–Crippen LogP) is 4.59. The molecule has 0 saturated carbocycles. The molecule has 0 amide bonds.